The van der Waals surface area contributed by atoms with Crippen LogP contribution in [0.3, 0.4) is 0 Å². The number of benzene rings is 1. The maximum absolute atomic E-state index is 11.6. The SMILES string of the molecule is CCC(CN)NC(=O)C=Cc1cccc([N+](=O)[O-])c1. The van der Waals surface area contributed by atoms with E-state index in [9.17, 15) is 14.9 Å². The monoisotopic (exact) mass is 263 g/mol. The Hall–Kier alpha value is -2.21. The van der Waals surface area contributed by atoms with Gasteiger partial charge in [0.1, 0.15) is 0 Å². The molecule has 0 heterocycles. The average molecular weight is 263 g/mol. The summed E-state index contributed by atoms with van der Waals surface area (Å²) in [5, 5.41) is 13.3. The van der Waals surface area contributed by atoms with Crippen molar-refractivity contribution in [2.24, 2.45) is 5.73 Å². The first-order valence-corrected chi connectivity index (χ1v) is 6.00. The predicted molar refractivity (Wildman–Crippen MR) is 73.4 cm³/mol. The Morgan fingerprint density at radius 1 is 1.58 bits per heavy atom. The number of carbonyl (C=O) groups is 1. The quantitative estimate of drug-likeness (QED) is 0.461. The van der Waals surface area contributed by atoms with Crippen molar-refractivity contribution in [3.63, 3.8) is 0 Å². The highest BCUT2D eigenvalue weighted by Gasteiger charge is 2.06. The van der Waals surface area contributed by atoms with Gasteiger partial charge >= 0.3 is 0 Å². The summed E-state index contributed by atoms with van der Waals surface area (Å²) in [5.74, 6) is -0.260. The van der Waals surface area contributed by atoms with Gasteiger partial charge in [-0.2, -0.15) is 0 Å². The lowest BCUT2D eigenvalue weighted by Gasteiger charge is -2.12. The molecular weight excluding hydrogens is 246 g/mol. The van der Waals surface area contributed by atoms with Crippen LogP contribution in [-0.2, 0) is 4.79 Å². The van der Waals surface area contributed by atoms with Crippen molar-refractivity contribution >= 4 is 17.7 Å². The average Bonchev–Trinajstić information content (AvgIpc) is 2.42. The molecule has 3 N–H and O–H groups in total. The van der Waals surface area contributed by atoms with Gasteiger partial charge in [-0.05, 0) is 18.1 Å². The number of rotatable bonds is 6. The van der Waals surface area contributed by atoms with Crippen molar-refractivity contribution in [1.82, 2.24) is 5.32 Å². The summed E-state index contributed by atoms with van der Waals surface area (Å²) in [6.45, 7) is 2.31. The lowest BCUT2D eigenvalue weighted by atomic mass is 10.2. The van der Waals surface area contributed by atoms with Crippen LogP contribution in [0.2, 0.25) is 0 Å². The zero-order chi connectivity index (χ0) is 14.3. The summed E-state index contributed by atoms with van der Waals surface area (Å²) in [6.07, 6.45) is 3.63. The molecule has 6 heteroatoms. The van der Waals surface area contributed by atoms with Crippen LogP contribution in [0.1, 0.15) is 18.9 Å². The lowest BCUT2D eigenvalue weighted by Crippen LogP contribution is -2.38. The molecule has 0 fully saturated rings. The van der Waals surface area contributed by atoms with Gasteiger partial charge in [0.2, 0.25) is 5.91 Å². The molecule has 0 radical (unpaired) electrons. The topological polar surface area (TPSA) is 98.3 Å². The summed E-state index contributed by atoms with van der Waals surface area (Å²) in [4.78, 5) is 21.7. The maximum atomic E-state index is 11.6. The number of carbonyl (C=O) groups excluding carboxylic acids is 1. The van der Waals surface area contributed by atoms with Crippen molar-refractivity contribution < 1.29 is 9.72 Å². The molecule has 0 bridgehead atoms. The molecule has 1 amide bonds. The van der Waals surface area contributed by atoms with Crippen LogP contribution in [0, 0.1) is 10.1 Å². The number of nitrogens with zero attached hydrogens (tertiary/aromatic N) is 1. The van der Waals surface area contributed by atoms with Gasteiger partial charge in [0, 0.05) is 30.8 Å². The first-order chi connectivity index (χ1) is 9.06. The fraction of sp³-hybridized carbons (Fsp3) is 0.308. The van der Waals surface area contributed by atoms with E-state index < -0.39 is 4.92 Å². The number of nitrogens with two attached hydrogens (primary N) is 1. The molecule has 102 valence electrons. The van der Waals surface area contributed by atoms with E-state index in [0.29, 0.717) is 12.1 Å². The Balaban J connectivity index is 2.68. The molecular formula is C13H17N3O3. The Labute approximate surface area is 111 Å². The molecule has 0 aromatic heterocycles. The number of non-ortho nitro benzene ring substituents is 1. The van der Waals surface area contributed by atoms with Crippen molar-refractivity contribution in [1.29, 1.82) is 0 Å². The molecule has 1 aromatic rings. The van der Waals surface area contributed by atoms with Crippen LogP contribution in [0.4, 0.5) is 5.69 Å². The highest BCUT2D eigenvalue weighted by Crippen LogP contribution is 2.13. The Morgan fingerprint density at radius 2 is 2.32 bits per heavy atom. The van der Waals surface area contributed by atoms with E-state index in [0.717, 1.165) is 6.42 Å². The predicted octanol–water partition coefficient (Wildman–Crippen LogP) is 1.46. The van der Waals surface area contributed by atoms with Gasteiger partial charge in [-0.25, -0.2) is 0 Å². The Morgan fingerprint density at radius 3 is 2.89 bits per heavy atom. The first-order valence-electron chi connectivity index (χ1n) is 6.00. The molecule has 1 rings (SSSR count). The molecule has 0 aliphatic heterocycles. The highest BCUT2D eigenvalue weighted by molar-refractivity contribution is 5.92. The fourth-order valence-corrected chi connectivity index (χ4v) is 1.49. The molecule has 0 spiro atoms. The third-order valence-corrected chi connectivity index (χ3v) is 2.63. The van der Waals surface area contributed by atoms with Gasteiger partial charge in [0.05, 0.1) is 4.92 Å². The molecule has 1 aromatic carbocycles. The van der Waals surface area contributed by atoms with Gasteiger partial charge in [0.25, 0.3) is 5.69 Å². The number of nitro benzene ring substituents is 1. The molecule has 19 heavy (non-hydrogen) atoms. The van der Waals surface area contributed by atoms with Gasteiger partial charge < -0.3 is 11.1 Å². The molecule has 0 aliphatic carbocycles. The van der Waals surface area contributed by atoms with Crippen LogP contribution in [-0.4, -0.2) is 23.4 Å². The summed E-state index contributed by atoms with van der Waals surface area (Å²) in [5.41, 5.74) is 6.08. The largest absolute Gasteiger partial charge is 0.349 e. The van der Waals surface area contributed by atoms with Gasteiger partial charge in [-0.3, -0.25) is 14.9 Å². The van der Waals surface area contributed by atoms with E-state index in [2.05, 4.69) is 5.32 Å². The van der Waals surface area contributed by atoms with Crippen molar-refractivity contribution in [2.75, 3.05) is 6.54 Å². The summed E-state index contributed by atoms with van der Waals surface area (Å²) in [6, 6.07) is 6.02. The van der Waals surface area contributed by atoms with E-state index in [1.54, 1.807) is 12.1 Å². The zero-order valence-electron chi connectivity index (χ0n) is 10.7. The van der Waals surface area contributed by atoms with Gasteiger partial charge in [-0.15, -0.1) is 0 Å². The second-order valence-corrected chi connectivity index (χ2v) is 4.03. The minimum absolute atomic E-state index is 0.00375. The van der Waals surface area contributed by atoms with Gasteiger partial charge in [0.15, 0.2) is 0 Å². The lowest BCUT2D eigenvalue weighted by molar-refractivity contribution is -0.384. The van der Waals surface area contributed by atoms with E-state index in [1.165, 1.54) is 24.3 Å². The van der Waals surface area contributed by atoms with Crippen molar-refractivity contribution in [3.8, 4) is 0 Å². The first kappa shape index (κ1) is 14.8. The second-order valence-electron chi connectivity index (χ2n) is 4.03. The van der Waals surface area contributed by atoms with E-state index >= 15 is 0 Å². The number of nitro groups is 1. The molecule has 1 atom stereocenters. The van der Waals surface area contributed by atoms with Crippen LogP contribution < -0.4 is 11.1 Å². The Bertz CT molecular complexity index is 482. The Kier molecular flexibility index (Phi) is 5.69. The van der Waals surface area contributed by atoms with Crippen LogP contribution in [0.25, 0.3) is 6.08 Å². The molecule has 0 saturated carbocycles. The smallest absolute Gasteiger partial charge is 0.270 e. The fourth-order valence-electron chi connectivity index (χ4n) is 1.49. The van der Waals surface area contributed by atoms with Crippen molar-refractivity contribution in [2.45, 2.75) is 19.4 Å². The number of hydrogen-bond donors (Lipinski definition) is 2. The normalized spacial score (nSPS) is 12.3. The third kappa shape index (κ3) is 4.89. The molecule has 1 unspecified atom stereocenters. The van der Waals surface area contributed by atoms with Crippen LogP contribution >= 0.6 is 0 Å². The standard InChI is InChI=1S/C13H17N3O3/c1-2-11(9-14)15-13(17)7-6-10-4-3-5-12(8-10)16(18)19/h3-8,11H,2,9,14H2,1H3,(H,15,17). The van der Waals surface area contributed by atoms with Crippen molar-refractivity contribution in [3.05, 3.63) is 46.0 Å². The minimum Gasteiger partial charge on any atom is -0.349 e. The number of hydrogen-bond acceptors (Lipinski definition) is 4. The van der Waals surface area contributed by atoms with E-state index in [-0.39, 0.29) is 17.6 Å². The number of amides is 1. The zero-order valence-corrected chi connectivity index (χ0v) is 10.7. The van der Waals surface area contributed by atoms with Gasteiger partial charge in [-0.1, -0.05) is 19.1 Å². The molecule has 0 aliphatic rings. The number of nitrogens with one attached hydrogen (secondary N) is 1. The summed E-state index contributed by atoms with van der Waals surface area (Å²) < 4.78 is 0. The van der Waals surface area contributed by atoms with Crippen LogP contribution in [0.15, 0.2) is 30.3 Å². The molecule has 6 nitrogen and oxygen atoms in total. The minimum atomic E-state index is -0.473. The highest BCUT2D eigenvalue weighted by atomic mass is 16.6. The molecule has 0 saturated heterocycles. The third-order valence-electron chi connectivity index (χ3n) is 2.63. The summed E-state index contributed by atoms with van der Waals surface area (Å²) in [7, 11) is 0. The van der Waals surface area contributed by atoms with Crippen LogP contribution in [0.5, 0.6) is 0 Å². The second kappa shape index (κ2) is 7.27. The summed E-state index contributed by atoms with van der Waals surface area (Å²) >= 11 is 0. The van der Waals surface area contributed by atoms with E-state index in [1.807, 2.05) is 6.92 Å². The maximum Gasteiger partial charge on any atom is 0.270 e. The van der Waals surface area contributed by atoms with E-state index in [4.69, 9.17) is 5.73 Å².